The first-order valence-corrected chi connectivity index (χ1v) is 6.86. The summed E-state index contributed by atoms with van der Waals surface area (Å²) in [5.74, 6) is 0. The summed E-state index contributed by atoms with van der Waals surface area (Å²) in [6, 6.07) is 0. The number of aromatic nitrogens is 3. The Morgan fingerprint density at radius 3 is 2.56 bits per heavy atom. The van der Waals surface area contributed by atoms with Crippen molar-refractivity contribution in [3.05, 3.63) is 16.6 Å². The van der Waals surface area contributed by atoms with Crippen LogP contribution in [-0.2, 0) is 0 Å². The maximum Gasteiger partial charge on any atom is 0.290 e. The molecular formula is C13H24N4O. The van der Waals surface area contributed by atoms with Gasteiger partial charge in [0.25, 0.3) is 5.56 Å². The fraction of sp³-hybridized carbons (Fsp3) is 0.769. The van der Waals surface area contributed by atoms with E-state index in [-0.39, 0.29) is 11.1 Å². The Balaban J connectivity index is 2.78. The number of hydrogen-bond donors (Lipinski definition) is 2. The van der Waals surface area contributed by atoms with Crippen molar-refractivity contribution in [2.24, 2.45) is 0 Å². The van der Waals surface area contributed by atoms with Crippen molar-refractivity contribution >= 4 is 5.69 Å². The number of rotatable bonds is 8. The highest BCUT2D eigenvalue weighted by Crippen LogP contribution is 2.26. The van der Waals surface area contributed by atoms with Gasteiger partial charge in [-0.1, -0.05) is 45.2 Å². The maximum atomic E-state index is 11.6. The zero-order valence-electron chi connectivity index (χ0n) is 11.6. The van der Waals surface area contributed by atoms with E-state index in [1.165, 1.54) is 25.5 Å². The minimum atomic E-state index is -0.202. The fourth-order valence-corrected chi connectivity index (χ4v) is 2.21. The molecule has 0 radical (unpaired) electrons. The molecule has 1 aromatic rings. The number of hydrogen-bond acceptors (Lipinski definition) is 4. The standard InChI is InChI=1S/C13H24N4O/c1-4-7-8-9-13(5-2,6-3)15-11-10-14-17-16-12(11)18/h10H,4-9H2,1-3H3,(H,15,17)(H,14,16,18). The van der Waals surface area contributed by atoms with Gasteiger partial charge in [-0.25, -0.2) is 5.10 Å². The van der Waals surface area contributed by atoms with Crippen LogP contribution >= 0.6 is 0 Å². The number of nitrogens with one attached hydrogen (secondary N) is 2. The van der Waals surface area contributed by atoms with E-state index < -0.39 is 0 Å². The van der Waals surface area contributed by atoms with Crippen LogP contribution in [0, 0.1) is 0 Å². The molecule has 5 heteroatoms. The minimum absolute atomic E-state index is 0.00873. The second-order valence-electron chi connectivity index (χ2n) is 4.77. The van der Waals surface area contributed by atoms with E-state index in [0.717, 1.165) is 19.3 Å². The van der Waals surface area contributed by atoms with Crippen molar-refractivity contribution in [1.82, 2.24) is 15.4 Å². The first kappa shape index (κ1) is 14.7. The number of aromatic amines is 1. The second-order valence-corrected chi connectivity index (χ2v) is 4.77. The van der Waals surface area contributed by atoms with Gasteiger partial charge in [0.2, 0.25) is 0 Å². The molecule has 0 fully saturated rings. The van der Waals surface area contributed by atoms with Crippen molar-refractivity contribution < 1.29 is 0 Å². The highest BCUT2D eigenvalue weighted by atomic mass is 16.1. The zero-order chi connectivity index (χ0) is 13.4. The topological polar surface area (TPSA) is 70.7 Å². The van der Waals surface area contributed by atoms with Gasteiger partial charge in [-0.3, -0.25) is 4.79 Å². The van der Waals surface area contributed by atoms with Gasteiger partial charge in [0.1, 0.15) is 5.69 Å². The van der Waals surface area contributed by atoms with E-state index in [1.807, 2.05) is 0 Å². The molecule has 102 valence electrons. The second kappa shape index (κ2) is 7.13. The van der Waals surface area contributed by atoms with Gasteiger partial charge in [-0.2, -0.15) is 0 Å². The number of H-pyrrole nitrogens is 1. The summed E-state index contributed by atoms with van der Waals surface area (Å²) >= 11 is 0. The SMILES string of the molecule is CCCCCC(CC)(CC)Nc1cnn[nH]c1=O. The minimum Gasteiger partial charge on any atom is -0.374 e. The molecule has 0 bridgehead atoms. The van der Waals surface area contributed by atoms with E-state index in [0.29, 0.717) is 5.69 Å². The number of nitrogens with zero attached hydrogens (tertiary/aromatic N) is 2. The van der Waals surface area contributed by atoms with Gasteiger partial charge >= 0.3 is 0 Å². The van der Waals surface area contributed by atoms with Crippen LogP contribution in [-0.4, -0.2) is 20.9 Å². The van der Waals surface area contributed by atoms with Crippen LogP contribution < -0.4 is 10.9 Å². The Labute approximate surface area is 108 Å². The van der Waals surface area contributed by atoms with E-state index in [1.54, 1.807) is 0 Å². The lowest BCUT2D eigenvalue weighted by atomic mass is 9.86. The molecule has 0 aromatic carbocycles. The molecule has 1 heterocycles. The molecule has 0 aliphatic heterocycles. The van der Waals surface area contributed by atoms with Crippen LogP contribution in [0.1, 0.15) is 59.3 Å². The van der Waals surface area contributed by atoms with Gasteiger partial charge in [0.15, 0.2) is 0 Å². The molecule has 0 aliphatic carbocycles. The van der Waals surface area contributed by atoms with Crippen LogP contribution in [0.5, 0.6) is 0 Å². The van der Waals surface area contributed by atoms with Crippen LogP contribution in [0.15, 0.2) is 11.0 Å². The Hall–Kier alpha value is -1.39. The van der Waals surface area contributed by atoms with Crippen molar-refractivity contribution in [1.29, 1.82) is 0 Å². The Bertz CT molecular complexity index is 398. The molecule has 0 saturated heterocycles. The first-order valence-electron chi connectivity index (χ1n) is 6.86. The maximum absolute atomic E-state index is 11.6. The zero-order valence-corrected chi connectivity index (χ0v) is 11.6. The highest BCUT2D eigenvalue weighted by Gasteiger charge is 2.26. The third-order valence-electron chi connectivity index (χ3n) is 3.65. The summed E-state index contributed by atoms with van der Waals surface area (Å²) in [5.41, 5.74) is 0.308. The molecular weight excluding hydrogens is 228 g/mol. The monoisotopic (exact) mass is 252 g/mol. The quantitative estimate of drug-likeness (QED) is 0.698. The van der Waals surface area contributed by atoms with Crippen molar-refractivity contribution in [3.63, 3.8) is 0 Å². The molecule has 1 aromatic heterocycles. The van der Waals surface area contributed by atoms with Crippen molar-refractivity contribution in [2.45, 2.75) is 64.8 Å². The van der Waals surface area contributed by atoms with E-state index in [2.05, 4.69) is 41.5 Å². The molecule has 0 unspecified atom stereocenters. The lowest BCUT2D eigenvalue weighted by Gasteiger charge is -2.33. The smallest absolute Gasteiger partial charge is 0.290 e. The molecule has 0 amide bonds. The normalized spacial score (nSPS) is 11.5. The largest absolute Gasteiger partial charge is 0.374 e. The summed E-state index contributed by atoms with van der Waals surface area (Å²) in [5, 5.41) is 12.9. The lowest BCUT2D eigenvalue weighted by molar-refractivity contribution is 0.385. The molecule has 0 atom stereocenters. The van der Waals surface area contributed by atoms with Gasteiger partial charge < -0.3 is 5.32 Å². The van der Waals surface area contributed by atoms with Gasteiger partial charge in [0, 0.05) is 5.54 Å². The Morgan fingerprint density at radius 2 is 2.00 bits per heavy atom. The highest BCUT2D eigenvalue weighted by molar-refractivity contribution is 5.40. The van der Waals surface area contributed by atoms with Crippen LogP contribution in [0.25, 0.3) is 0 Å². The lowest BCUT2D eigenvalue weighted by Crippen LogP contribution is -2.39. The summed E-state index contributed by atoms with van der Waals surface area (Å²) < 4.78 is 0. The van der Waals surface area contributed by atoms with Crippen LogP contribution in [0.4, 0.5) is 5.69 Å². The third-order valence-corrected chi connectivity index (χ3v) is 3.65. The van der Waals surface area contributed by atoms with Gasteiger partial charge in [0.05, 0.1) is 6.20 Å². The predicted octanol–water partition coefficient (Wildman–Crippen LogP) is 2.72. The van der Waals surface area contributed by atoms with Gasteiger partial charge in [-0.15, -0.1) is 5.10 Å². The van der Waals surface area contributed by atoms with Crippen LogP contribution in [0.3, 0.4) is 0 Å². The fourth-order valence-electron chi connectivity index (χ4n) is 2.21. The first-order chi connectivity index (χ1) is 8.67. The Kier molecular flexibility index (Phi) is 5.82. The molecule has 0 spiro atoms. The van der Waals surface area contributed by atoms with Crippen molar-refractivity contribution in [2.75, 3.05) is 5.32 Å². The molecule has 1 rings (SSSR count). The number of unbranched alkanes of at least 4 members (excludes halogenated alkanes) is 2. The average Bonchev–Trinajstić information content (AvgIpc) is 2.40. The van der Waals surface area contributed by atoms with E-state index in [4.69, 9.17) is 0 Å². The summed E-state index contributed by atoms with van der Waals surface area (Å²) in [6.07, 6.45) is 8.19. The average molecular weight is 252 g/mol. The molecule has 18 heavy (non-hydrogen) atoms. The summed E-state index contributed by atoms with van der Waals surface area (Å²) in [6.45, 7) is 6.51. The molecule has 2 N–H and O–H groups in total. The number of anilines is 1. The third kappa shape index (κ3) is 3.82. The van der Waals surface area contributed by atoms with Gasteiger partial charge in [-0.05, 0) is 19.3 Å². The molecule has 0 aliphatic rings. The Morgan fingerprint density at radius 1 is 1.28 bits per heavy atom. The van der Waals surface area contributed by atoms with Crippen molar-refractivity contribution in [3.8, 4) is 0 Å². The van der Waals surface area contributed by atoms with E-state index >= 15 is 0 Å². The van der Waals surface area contributed by atoms with Crippen LogP contribution in [0.2, 0.25) is 0 Å². The van der Waals surface area contributed by atoms with E-state index in [9.17, 15) is 4.79 Å². The molecule has 0 saturated carbocycles. The molecule has 5 nitrogen and oxygen atoms in total. The summed E-state index contributed by atoms with van der Waals surface area (Å²) in [7, 11) is 0. The predicted molar refractivity (Wildman–Crippen MR) is 73.7 cm³/mol. The summed E-state index contributed by atoms with van der Waals surface area (Å²) in [4.78, 5) is 11.6.